The molecule has 2 N–H and O–H groups in total. The van der Waals surface area contributed by atoms with Crippen LogP contribution in [0.2, 0.25) is 0 Å². The Kier molecular flexibility index (Phi) is 2.42. The monoisotopic (exact) mass is 170 g/mol. The molecule has 1 aromatic rings. The largest absolute Gasteiger partial charge is 0.506 e. The van der Waals surface area contributed by atoms with E-state index in [4.69, 9.17) is 5.11 Å². The summed E-state index contributed by atoms with van der Waals surface area (Å²) in [6, 6.07) is 1.17. The first kappa shape index (κ1) is 8.25. The highest BCUT2D eigenvalue weighted by molar-refractivity contribution is 5.56. The minimum atomic E-state index is -1.39. The summed E-state index contributed by atoms with van der Waals surface area (Å²) in [6.45, 7) is -0.209. The third-order valence-electron chi connectivity index (χ3n) is 1.08. The molecule has 0 aliphatic carbocycles. The van der Waals surface area contributed by atoms with Gasteiger partial charge in [0.2, 0.25) is 0 Å². The van der Waals surface area contributed by atoms with Crippen LogP contribution >= 0.6 is 0 Å². The van der Waals surface area contributed by atoms with Gasteiger partial charge in [0.1, 0.15) is 6.61 Å². The minimum Gasteiger partial charge on any atom is -0.450 e. The zero-order valence-electron chi connectivity index (χ0n) is 5.98. The van der Waals surface area contributed by atoms with Crippen molar-refractivity contribution in [2.75, 3.05) is 0 Å². The molecular weight excluding hydrogens is 164 g/mol. The molecule has 0 radical (unpaired) electrons. The molecule has 0 amide bonds. The third-order valence-corrected chi connectivity index (χ3v) is 1.08. The van der Waals surface area contributed by atoms with E-state index in [1.165, 1.54) is 12.4 Å². The van der Waals surface area contributed by atoms with Crippen LogP contribution in [-0.2, 0) is 11.3 Å². The van der Waals surface area contributed by atoms with Crippen LogP contribution in [0.3, 0.4) is 0 Å². The number of ether oxygens (including phenoxy) is 1. The quantitative estimate of drug-likeness (QED) is 0.607. The van der Waals surface area contributed by atoms with Crippen LogP contribution in [0, 0.1) is 0 Å². The molecule has 0 aliphatic rings. The second-order valence-electron chi connectivity index (χ2n) is 1.96. The molecule has 6 heteroatoms. The Balaban J connectivity index is 2.64. The third kappa shape index (κ3) is 2.41. The summed E-state index contributed by atoms with van der Waals surface area (Å²) in [6.07, 6.45) is -0.208. The molecule has 1 aromatic heterocycles. The van der Waals surface area contributed by atoms with Gasteiger partial charge in [-0.15, -0.1) is 0 Å². The van der Waals surface area contributed by atoms with Gasteiger partial charge in [-0.25, -0.2) is 9.78 Å². The second-order valence-corrected chi connectivity index (χ2v) is 1.96. The number of carbonyl (C=O) groups is 1. The number of aromatic nitrogens is 2. The van der Waals surface area contributed by atoms with Gasteiger partial charge in [0.15, 0.2) is 0 Å². The van der Waals surface area contributed by atoms with Crippen molar-refractivity contribution in [1.29, 1.82) is 0 Å². The summed E-state index contributed by atoms with van der Waals surface area (Å²) in [4.78, 5) is 26.5. The van der Waals surface area contributed by atoms with Crippen molar-refractivity contribution in [3.63, 3.8) is 0 Å². The fraction of sp³-hybridized carbons (Fsp3) is 0.167. The zero-order chi connectivity index (χ0) is 8.97. The summed E-state index contributed by atoms with van der Waals surface area (Å²) < 4.78 is 4.18. The summed E-state index contributed by atoms with van der Waals surface area (Å²) in [5.74, 6) is 0. The van der Waals surface area contributed by atoms with Crippen LogP contribution in [0.4, 0.5) is 4.79 Å². The summed E-state index contributed by atoms with van der Waals surface area (Å²) in [5, 5.41) is 8.11. The molecule has 1 rings (SSSR count). The number of hydrogen-bond acceptors (Lipinski definition) is 4. The maximum atomic E-state index is 10.6. The van der Waals surface area contributed by atoms with E-state index in [0.717, 1.165) is 0 Å². The highest BCUT2D eigenvalue weighted by atomic mass is 16.7. The first-order chi connectivity index (χ1) is 5.68. The van der Waals surface area contributed by atoms with Gasteiger partial charge >= 0.3 is 6.16 Å². The van der Waals surface area contributed by atoms with Crippen LogP contribution in [0.1, 0.15) is 5.69 Å². The number of aromatic amines is 1. The molecule has 0 unspecified atom stereocenters. The van der Waals surface area contributed by atoms with Crippen LogP contribution in [-0.4, -0.2) is 21.2 Å². The van der Waals surface area contributed by atoms with Gasteiger partial charge in [-0.3, -0.25) is 4.79 Å². The van der Waals surface area contributed by atoms with Crippen molar-refractivity contribution in [3.8, 4) is 0 Å². The minimum absolute atomic E-state index is 0.209. The van der Waals surface area contributed by atoms with Crippen molar-refractivity contribution < 1.29 is 14.6 Å². The number of hydrogen-bond donors (Lipinski definition) is 2. The Hall–Kier alpha value is -1.85. The van der Waals surface area contributed by atoms with E-state index in [9.17, 15) is 9.59 Å². The maximum absolute atomic E-state index is 10.6. The summed E-state index contributed by atoms with van der Waals surface area (Å²) in [7, 11) is 0. The Bertz CT molecular complexity index is 332. The molecule has 6 nitrogen and oxygen atoms in total. The van der Waals surface area contributed by atoms with Crippen molar-refractivity contribution >= 4 is 6.16 Å². The molecule has 64 valence electrons. The fourth-order valence-corrected chi connectivity index (χ4v) is 0.624. The first-order valence-corrected chi connectivity index (χ1v) is 3.08. The smallest absolute Gasteiger partial charge is 0.450 e. The number of H-pyrrole nitrogens is 1. The van der Waals surface area contributed by atoms with Crippen LogP contribution in [0.15, 0.2) is 17.2 Å². The van der Waals surface area contributed by atoms with E-state index in [-0.39, 0.29) is 17.9 Å². The Morgan fingerprint density at radius 3 is 3.08 bits per heavy atom. The standard InChI is InChI=1S/C6H6N2O4/c9-5-1-4(7-3-8-5)2-12-6(10)11/h1,3H,2H2,(H,10,11)(H,7,8,9). The van der Waals surface area contributed by atoms with Crippen molar-refractivity contribution in [3.05, 3.63) is 28.4 Å². The van der Waals surface area contributed by atoms with Crippen LogP contribution in [0.5, 0.6) is 0 Å². The van der Waals surface area contributed by atoms with Gasteiger partial charge in [0.05, 0.1) is 12.0 Å². The average Bonchev–Trinajstić information content (AvgIpc) is 2.01. The molecular formula is C6H6N2O4. The average molecular weight is 170 g/mol. The SMILES string of the molecule is O=C(O)OCc1cc(=O)[nH]cn1. The molecule has 0 aromatic carbocycles. The molecule has 0 atom stereocenters. The molecule has 0 spiro atoms. The van der Waals surface area contributed by atoms with E-state index in [1.807, 2.05) is 0 Å². The highest BCUT2D eigenvalue weighted by Gasteiger charge is 1.99. The summed E-state index contributed by atoms with van der Waals surface area (Å²) in [5.41, 5.74) is -0.0601. The highest BCUT2D eigenvalue weighted by Crippen LogP contribution is 1.91. The number of nitrogens with zero attached hydrogens (tertiary/aromatic N) is 1. The van der Waals surface area contributed by atoms with Gasteiger partial charge in [-0.1, -0.05) is 0 Å². The van der Waals surface area contributed by atoms with Crippen LogP contribution in [0.25, 0.3) is 0 Å². The number of rotatable bonds is 2. The van der Waals surface area contributed by atoms with E-state index in [2.05, 4.69) is 14.7 Å². The number of carboxylic acid groups (broad SMARTS) is 1. The normalized spacial score (nSPS) is 9.33. The van der Waals surface area contributed by atoms with Crippen molar-refractivity contribution in [1.82, 2.24) is 9.97 Å². The van der Waals surface area contributed by atoms with Crippen molar-refractivity contribution in [2.45, 2.75) is 6.61 Å². The first-order valence-electron chi connectivity index (χ1n) is 3.08. The molecule has 0 saturated carbocycles. The van der Waals surface area contributed by atoms with Crippen molar-refractivity contribution in [2.24, 2.45) is 0 Å². The lowest BCUT2D eigenvalue weighted by atomic mass is 10.4. The molecule has 0 saturated heterocycles. The van der Waals surface area contributed by atoms with Crippen LogP contribution < -0.4 is 5.56 Å². The van der Waals surface area contributed by atoms with E-state index < -0.39 is 6.16 Å². The number of nitrogens with one attached hydrogen (secondary N) is 1. The zero-order valence-corrected chi connectivity index (χ0v) is 5.98. The molecule has 0 bridgehead atoms. The maximum Gasteiger partial charge on any atom is 0.506 e. The Labute approximate surface area is 66.8 Å². The molecule has 0 aliphatic heterocycles. The topological polar surface area (TPSA) is 92.3 Å². The Morgan fingerprint density at radius 2 is 2.50 bits per heavy atom. The van der Waals surface area contributed by atoms with E-state index >= 15 is 0 Å². The van der Waals surface area contributed by atoms with E-state index in [0.29, 0.717) is 0 Å². The summed E-state index contributed by atoms with van der Waals surface area (Å²) >= 11 is 0. The lowest BCUT2D eigenvalue weighted by molar-refractivity contribution is 0.0842. The van der Waals surface area contributed by atoms with Gasteiger partial charge in [-0.05, 0) is 0 Å². The molecule has 12 heavy (non-hydrogen) atoms. The fourth-order valence-electron chi connectivity index (χ4n) is 0.624. The lowest BCUT2D eigenvalue weighted by Gasteiger charge is -1.97. The lowest BCUT2D eigenvalue weighted by Crippen LogP contribution is -2.09. The van der Waals surface area contributed by atoms with Gasteiger partial charge in [-0.2, -0.15) is 0 Å². The predicted molar refractivity (Wildman–Crippen MR) is 37.7 cm³/mol. The van der Waals surface area contributed by atoms with E-state index in [1.54, 1.807) is 0 Å². The molecule has 0 fully saturated rings. The van der Waals surface area contributed by atoms with Gasteiger partial charge < -0.3 is 14.8 Å². The predicted octanol–water partition coefficient (Wildman–Crippen LogP) is -0.0355. The molecule has 1 heterocycles. The van der Waals surface area contributed by atoms with Gasteiger partial charge in [0, 0.05) is 6.07 Å². The Morgan fingerprint density at radius 1 is 1.75 bits per heavy atom. The second kappa shape index (κ2) is 3.51. The van der Waals surface area contributed by atoms with Gasteiger partial charge in [0.25, 0.3) is 5.56 Å².